The van der Waals surface area contributed by atoms with E-state index in [0.717, 1.165) is 19.4 Å². The molecule has 0 aliphatic carbocycles. The average Bonchev–Trinajstić information content (AvgIpc) is 2.86. The summed E-state index contributed by atoms with van der Waals surface area (Å²) in [6.07, 6.45) is 1.83. The highest BCUT2D eigenvalue weighted by Crippen LogP contribution is 2.37. The predicted molar refractivity (Wildman–Crippen MR) is 61.3 cm³/mol. The molecule has 1 N–H and O–H groups in total. The Kier molecular flexibility index (Phi) is 3.15. The van der Waals surface area contributed by atoms with Gasteiger partial charge in [0.25, 0.3) is 5.89 Å². The number of carbonyl (C=O) groups is 1. The predicted octanol–water partition coefficient (Wildman–Crippen LogP) is 0.435. The molecule has 0 bridgehead atoms. The molecule has 2 rings (SSSR count). The smallest absolute Gasteiger partial charge is 0.252 e. The summed E-state index contributed by atoms with van der Waals surface area (Å²) in [6, 6.07) is 0. The van der Waals surface area contributed by atoms with Crippen molar-refractivity contribution in [1.29, 1.82) is 0 Å². The molecule has 1 saturated heterocycles. The summed E-state index contributed by atoms with van der Waals surface area (Å²) < 4.78 is 5.23. The first-order valence-electron chi connectivity index (χ1n) is 5.84. The van der Waals surface area contributed by atoms with Crippen molar-refractivity contribution in [1.82, 2.24) is 20.4 Å². The number of likely N-dealkylation sites (N-methyl/N-ethyl adjacent to an activating group) is 1. The molecule has 0 radical (unpaired) electrons. The van der Waals surface area contributed by atoms with Crippen LogP contribution in [0.15, 0.2) is 4.52 Å². The van der Waals surface area contributed by atoms with Crippen LogP contribution in [0.5, 0.6) is 0 Å². The summed E-state index contributed by atoms with van der Waals surface area (Å²) in [6.45, 7) is 4.85. The van der Waals surface area contributed by atoms with Gasteiger partial charge in [0.1, 0.15) is 5.54 Å². The van der Waals surface area contributed by atoms with E-state index < -0.39 is 5.54 Å². The minimum atomic E-state index is -0.449. The van der Waals surface area contributed by atoms with E-state index in [1.807, 2.05) is 11.8 Å². The summed E-state index contributed by atoms with van der Waals surface area (Å²) in [7, 11) is 1.77. The molecule has 6 heteroatoms. The monoisotopic (exact) mass is 238 g/mol. The number of likely N-dealkylation sites (tertiary alicyclic amines) is 1. The number of rotatable bonds is 3. The van der Waals surface area contributed by atoms with Crippen molar-refractivity contribution in [3.05, 3.63) is 11.7 Å². The van der Waals surface area contributed by atoms with Gasteiger partial charge in [0.05, 0.1) is 6.54 Å². The van der Waals surface area contributed by atoms with E-state index in [1.165, 1.54) is 0 Å². The van der Waals surface area contributed by atoms with Crippen LogP contribution in [-0.4, -0.2) is 41.1 Å². The second-order valence-corrected chi connectivity index (χ2v) is 4.60. The van der Waals surface area contributed by atoms with E-state index in [4.69, 9.17) is 4.52 Å². The van der Waals surface area contributed by atoms with Gasteiger partial charge < -0.3 is 14.7 Å². The van der Waals surface area contributed by atoms with Crippen LogP contribution in [0.3, 0.4) is 0 Å². The Bertz CT molecular complexity index is 417. The standard InChI is InChI=1S/C11H18N4O2/c1-8-13-10(17-14-8)11(2)5-4-6-15(11)9(16)7-12-3/h12H,4-7H2,1-3H3/t11-/m0/s1. The van der Waals surface area contributed by atoms with Gasteiger partial charge in [-0.25, -0.2) is 0 Å². The third-order valence-corrected chi connectivity index (χ3v) is 3.26. The highest BCUT2D eigenvalue weighted by molar-refractivity contribution is 5.79. The summed E-state index contributed by atoms with van der Waals surface area (Å²) >= 11 is 0. The molecule has 1 atom stereocenters. The van der Waals surface area contributed by atoms with Gasteiger partial charge in [-0.3, -0.25) is 4.79 Å². The van der Waals surface area contributed by atoms with E-state index in [2.05, 4.69) is 15.5 Å². The maximum Gasteiger partial charge on any atom is 0.252 e. The van der Waals surface area contributed by atoms with Crippen LogP contribution in [0, 0.1) is 6.92 Å². The second-order valence-electron chi connectivity index (χ2n) is 4.60. The molecule has 94 valence electrons. The molecule has 1 fully saturated rings. The van der Waals surface area contributed by atoms with Crippen LogP contribution >= 0.6 is 0 Å². The lowest BCUT2D eigenvalue weighted by Crippen LogP contribution is -2.46. The lowest BCUT2D eigenvalue weighted by atomic mass is 9.99. The molecule has 17 heavy (non-hydrogen) atoms. The third-order valence-electron chi connectivity index (χ3n) is 3.26. The van der Waals surface area contributed by atoms with Crippen molar-refractivity contribution in [3.63, 3.8) is 0 Å². The average molecular weight is 238 g/mol. The number of hydrogen-bond acceptors (Lipinski definition) is 5. The van der Waals surface area contributed by atoms with E-state index in [1.54, 1.807) is 14.0 Å². The molecule has 1 aromatic rings. The molecular formula is C11H18N4O2. The van der Waals surface area contributed by atoms with Crippen LogP contribution in [0.25, 0.3) is 0 Å². The quantitative estimate of drug-likeness (QED) is 0.827. The molecule has 1 amide bonds. The molecule has 6 nitrogen and oxygen atoms in total. The number of nitrogens with one attached hydrogen (secondary N) is 1. The summed E-state index contributed by atoms with van der Waals surface area (Å²) in [5, 5.41) is 6.69. The van der Waals surface area contributed by atoms with Gasteiger partial charge in [-0.05, 0) is 33.7 Å². The van der Waals surface area contributed by atoms with Gasteiger partial charge in [-0.15, -0.1) is 0 Å². The van der Waals surface area contributed by atoms with Crippen LogP contribution < -0.4 is 5.32 Å². The number of hydrogen-bond donors (Lipinski definition) is 1. The van der Waals surface area contributed by atoms with Crippen molar-refractivity contribution in [2.45, 2.75) is 32.2 Å². The summed E-state index contributed by atoms with van der Waals surface area (Å²) in [5.41, 5.74) is -0.449. The topological polar surface area (TPSA) is 71.3 Å². The number of carbonyl (C=O) groups excluding carboxylic acids is 1. The fourth-order valence-corrected chi connectivity index (χ4v) is 2.35. The Balaban J connectivity index is 2.26. The first kappa shape index (κ1) is 12.0. The minimum absolute atomic E-state index is 0.0725. The van der Waals surface area contributed by atoms with Gasteiger partial charge in [-0.1, -0.05) is 5.16 Å². The first-order chi connectivity index (χ1) is 8.08. The number of nitrogens with zero attached hydrogens (tertiary/aromatic N) is 3. The van der Waals surface area contributed by atoms with Crippen molar-refractivity contribution in [3.8, 4) is 0 Å². The molecular weight excluding hydrogens is 220 g/mol. The van der Waals surface area contributed by atoms with E-state index in [0.29, 0.717) is 18.3 Å². The normalized spacial score (nSPS) is 24.3. The Morgan fingerprint density at radius 1 is 1.65 bits per heavy atom. The molecule has 2 heterocycles. The van der Waals surface area contributed by atoms with Crippen molar-refractivity contribution < 1.29 is 9.32 Å². The molecule has 0 aromatic carbocycles. The van der Waals surface area contributed by atoms with Gasteiger partial charge in [0.15, 0.2) is 5.82 Å². The molecule has 1 aliphatic rings. The first-order valence-corrected chi connectivity index (χ1v) is 5.84. The van der Waals surface area contributed by atoms with Gasteiger partial charge in [0, 0.05) is 6.54 Å². The molecule has 0 spiro atoms. The molecule has 1 aliphatic heterocycles. The lowest BCUT2D eigenvalue weighted by molar-refractivity contribution is -0.134. The van der Waals surface area contributed by atoms with Crippen molar-refractivity contribution in [2.75, 3.05) is 20.1 Å². The van der Waals surface area contributed by atoms with Gasteiger partial charge in [-0.2, -0.15) is 4.98 Å². The molecule has 0 unspecified atom stereocenters. The largest absolute Gasteiger partial charge is 0.337 e. The van der Waals surface area contributed by atoms with E-state index >= 15 is 0 Å². The summed E-state index contributed by atoms with van der Waals surface area (Å²) in [4.78, 5) is 18.1. The van der Waals surface area contributed by atoms with E-state index in [-0.39, 0.29) is 5.91 Å². The molecule has 1 aromatic heterocycles. The highest BCUT2D eigenvalue weighted by atomic mass is 16.5. The zero-order valence-corrected chi connectivity index (χ0v) is 10.5. The van der Waals surface area contributed by atoms with Gasteiger partial charge in [0.2, 0.25) is 5.91 Å². The van der Waals surface area contributed by atoms with Gasteiger partial charge >= 0.3 is 0 Å². The maximum absolute atomic E-state index is 12.0. The van der Waals surface area contributed by atoms with Crippen LogP contribution in [0.2, 0.25) is 0 Å². The summed E-state index contributed by atoms with van der Waals surface area (Å²) in [5.74, 6) is 1.22. The Labute approximate surface area is 100 Å². The van der Waals surface area contributed by atoms with Crippen LogP contribution in [0.4, 0.5) is 0 Å². The highest BCUT2D eigenvalue weighted by Gasteiger charge is 2.44. The molecule has 0 saturated carbocycles. The fourth-order valence-electron chi connectivity index (χ4n) is 2.35. The Morgan fingerprint density at radius 3 is 3.00 bits per heavy atom. The Hall–Kier alpha value is -1.43. The zero-order valence-electron chi connectivity index (χ0n) is 10.5. The SMILES string of the molecule is CNCC(=O)N1CCC[C@@]1(C)c1nc(C)no1. The van der Waals surface area contributed by atoms with E-state index in [9.17, 15) is 4.79 Å². The van der Waals surface area contributed by atoms with Crippen molar-refractivity contribution >= 4 is 5.91 Å². The second kappa shape index (κ2) is 4.44. The van der Waals surface area contributed by atoms with Crippen LogP contribution in [-0.2, 0) is 10.3 Å². The van der Waals surface area contributed by atoms with Crippen LogP contribution in [0.1, 0.15) is 31.5 Å². The lowest BCUT2D eigenvalue weighted by Gasteiger charge is -2.31. The number of aromatic nitrogens is 2. The fraction of sp³-hybridized carbons (Fsp3) is 0.727. The maximum atomic E-state index is 12.0. The minimum Gasteiger partial charge on any atom is -0.337 e. The Morgan fingerprint density at radius 2 is 2.41 bits per heavy atom. The number of amides is 1. The number of aryl methyl sites for hydroxylation is 1. The third kappa shape index (κ3) is 2.04. The zero-order chi connectivity index (χ0) is 12.5. The van der Waals surface area contributed by atoms with Crippen molar-refractivity contribution in [2.24, 2.45) is 0 Å².